The number of hydrogen-bond acceptors (Lipinski definition) is 4. The van der Waals surface area contributed by atoms with Crippen LogP contribution in [0.25, 0.3) is 0 Å². The zero-order valence-corrected chi connectivity index (χ0v) is 18.6. The molecular weight excluding hydrogens is 388 g/mol. The molecule has 1 fully saturated rings. The molecule has 1 heterocycles. The van der Waals surface area contributed by atoms with Crippen LogP contribution in [0.3, 0.4) is 0 Å². The van der Waals surface area contributed by atoms with Crippen molar-refractivity contribution in [3.05, 3.63) is 71.3 Å². The molecule has 6 nitrogen and oxygen atoms in total. The van der Waals surface area contributed by atoms with Crippen molar-refractivity contribution in [1.82, 2.24) is 20.4 Å². The third kappa shape index (κ3) is 6.91. The summed E-state index contributed by atoms with van der Waals surface area (Å²) in [4.78, 5) is 28.8. The Labute approximate surface area is 185 Å². The van der Waals surface area contributed by atoms with E-state index in [0.29, 0.717) is 26.2 Å². The summed E-state index contributed by atoms with van der Waals surface area (Å²) in [6, 6.07) is 18.6. The van der Waals surface area contributed by atoms with Crippen LogP contribution in [0.15, 0.2) is 54.6 Å². The number of benzene rings is 2. The third-order valence-electron chi connectivity index (χ3n) is 5.67. The second-order valence-electron chi connectivity index (χ2n) is 8.14. The number of nitrogens with zero attached hydrogens (tertiary/aromatic N) is 2. The van der Waals surface area contributed by atoms with Gasteiger partial charge in [0.15, 0.2) is 0 Å². The van der Waals surface area contributed by atoms with Gasteiger partial charge in [0.1, 0.15) is 0 Å². The SMILES string of the molecule is CCCNC(=O)CN1CCN(C(=O)CN[C@@H](c2ccccc2)c2ccc(C)cc2)CC1. The number of nitrogens with one attached hydrogen (secondary N) is 2. The first-order chi connectivity index (χ1) is 15.1. The fourth-order valence-electron chi connectivity index (χ4n) is 3.81. The van der Waals surface area contributed by atoms with Crippen molar-refractivity contribution in [1.29, 1.82) is 0 Å². The molecule has 1 aliphatic rings. The van der Waals surface area contributed by atoms with Gasteiger partial charge in [-0.15, -0.1) is 0 Å². The molecule has 2 N–H and O–H groups in total. The highest BCUT2D eigenvalue weighted by Crippen LogP contribution is 2.22. The average Bonchev–Trinajstić information content (AvgIpc) is 2.80. The van der Waals surface area contributed by atoms with Crippen molar-refractivity contribution in [2.75, 3.05) is 45.8 Å². The van der Waals surface area contributed by atoms with Crippen molar-refractivity contribution in [2.24, 2.45) is 0 Å². The molecule has 0 bridgehead atoms. The molecule has 0 spiro atoms. The summed E-state index contributed by atoms with van der Waals surface area (Å²) in [6.07, 6.45) is 0.938. The van der Waals surface area contributed by atoms with Crippen molar-refractivity contribution in [2.45, 2.75) is 26.3 Å². The topological polar surface area (TPSA) is 64.7 Å². The Bertz CT molecular complexity index is 830. The van der Waals surface area contributed by atoms with E-state index in [4.69, 9.17) is 0 Å². The predicted molar refractivity (Wildman–Crippen MR) is 124 cm³/mol. The van der Waals surface area contributed by atoms with Gasteiger partial charge in [-0.1, -0.05) is 67.1 Å². The Kier molecular flexibility index (Phi) is 8.62. The molecule has 1 aliphatic heterocycles. The molecule has 2 amide bonds. The van der Waals surface area contributed by atoms with E-state index in [0.717, 1.165) is 30.6 Å². The van der Waals surface area contributed by atoms with Crippen molar-refractivity contribution < 1.29 is 9.59 Å². The van der Waals surface area contributed by atoms with E-state index in [-0.39, 0.29) is 24.4 Å². The minimum absolute atomic E-state index is 0.0331. The van der Waals surface area contributed by atoms with Gasteiger partial charge in [-0.25, -0.2) is 0 Å². The first-order valence-corrected chi connectivity index (χ1v) is 11.2. The van der Waals surface area contributed by atoms with Crippen LogP contribution in [-0.2, 0) is 9.59 Å². The molecule has 0 aliphatic carbocycles. The largest absolute Gasteiger partial charge is 0.355 e. The van der Waals surface area contributed by atoms with E-state index >= 15 is 0 Å². The molecule has 0 aromatic heterocycles. The van der Waals surface area contributed by atoms with Crippen LogP contribution in [0.2, 0.25) is 0 Å². The monoisotopic (exact) mass is 422 g/mol. The fraction of sp³-hybridized carbons (Fsp3) is 0.440. The van der Waals surface area contributed by atoms with Gasteiger partial charge in [-0.2, -0.15) is 0 Å². The molecule has 166 valence electrons. The van der Waals surface area contributed by atoms with Gasteiger partial charge in [0, 0.05) is 32.7 Å². The molecule has 3 rings (SSSR count). The molecule has 0 radical (unpaired) electrons. The Morgan fingerprint density at radius 2 is 1.58 bits per heavy atom. The zero-order chi connectivity index (χ0) is 22.1. The molecule has 0 saturated carbocycles. The molecule has 0 unspecified atom stereocenters. The summed E-state index contributed by atoms with van der Waals surface area (Å²) in [5.41, 5.74) is 3.50. The third-order valence-corrected chi connectivity index (χ3v) is 5.67. The van der Waals surface area contributed by atoms with Gasteiger partial charge >= 0.3 is 0 Å². The highest BCUT2D eigenvalue weighted by Gasteiger charge is 2.23. The molecule has 2 aromatic carbocycles. The van der Waals surface area contributed by atoms with Crippen LogP contribution in [0.4, 0.5) is 0 Å². The van der Waals surface area contributed by atoms with Gasteiger partial charge in [0.2, 0.25) is 11.8 Å². The quantitative estimate of drug-likeness (QED) is 0.651. The van der Waals surface area contributed by atoms with Crippen LogP contribution in [0, 0.1) is 6.92 Å². The highest BCUT2D eigenvalue weighted by molar-refractivity contribution is 5.79. The van der Waals surface area contributed by atoms with E-state index in [9.17, 15) is 9.59 Å². The Hall–Kier alpha value is -2.70. The maximum atomic E-state index is 12.9. The van der Waals surface area contributed by atoms with Crippen LogP contribution in [0.5, 0.6) is 0 Å². The standard InChI is InChI=1S/C25H34N4O2/c1-3-13-26-23(30)19-28-14-16-29(17-15-28)24(31)18-27-25(21-7-5-4-6-8-21)22-11-9-20(2)10-12-22/h4-12,25,27H,3,13-19H2,1-2H3,(H,26,30)/t25-/m0/s1. The van der Waals surface area contributed by atoms with E-state index in [1.54, 1.807) is 0 Å². The first kappa shape index (κ1) is 23.0. The summed E-state index contributed by atoms with van der Waals surface area (Å²) in [5.74, 6) is 0.162. The minimum atomic E-state index is -0.0331. The van der Waals surface area contributed by atoms with E-state index in [2.05, 4.69) is 58.9 Å². The van der Waals surface area contributed by atoms with Crippen molar-refractivity contribution in [3.63, 3.8) is 0 Å². The summed E-state index contributed by atoms with van der Waals surface area (Å²) < 4.78 is 0. The van der Waals surface area contributed by atoms with Crippen LogP contribution >= 0.6 is 0 Å². The molecular formula is C25H34N4O2. The lowest BCUT2D eigenvalue weighted by molar-refractivity contribution is -0.132. The fourth-order valence-corrected chi connectivity index (χ4v) is 3.81. The molecule has 1 atom stereocenters. The molecule has 2 aromatic rings. The number of piperazine rings is 1. The van der Waals surface area contributed by atoms with Crippen LogP contribution < -0.4 is 10.6 Å². The van der Waals surface area contributed by atoms with E-state index in [1.165, 1.54) is 5.56 Å². The number of carbonyl (C=O) groups excluding carboxylic acids is 2. The van der Waals surface area contributed by atoms with Crippen molar-refractivity contribution in [3.8, 4) is 0 Å². The van der Waals surface area contributed by atoms with Crippen LogP contribution in [-0.4, -0.2) is 67.4 Å². The second-order valence-corrected chi connectivity index (χ2v) is 8.14. The highest BCUT2D eigenvalue weighted by atomic mass is 16.2. The van der Waals surface area contributed by atoms with Gasteiger partial charge in [-0.3, -0.25) is 19.8 Å². The maximum absolute atomic E-state index is 12.9. The summed E-state index contributed by atoms with van der Waals surface area (Å²) >= 11 is 0. The number of rotatable bonds is 9. The van der Waals surface area contributed by atoms with E-state index < -0.39 is 0 Å². The van der Waals surface area contributed by atoms with Gasteiger partial charge in [0.25, 0.3) is 0 Å². The predicted octanol–water partition coefficient (Wildman–Crippen LogP) is 2.34. The lowest BCUT2D eigenvalue weighted by atomic mass is 9.98. The summed E-state index contributed by atoms with van der Waals surface area (Å²) in [7, 11) is 0. The molecule has 1 saturated heterocycles. The normalized spacial score (nSPS) is 15.5. The minimum Gasteiger partial charge on any atom is -0.355 e. The smallest absolute Gasteiger partial charge is 0.236 e. The molecule has 6 heteroatoms. The lowest BCUT2D eigenvalue weighted by Crippen LogP contribution is -2.52. The number of amides is 2. The first-order valence-electron chi connectivity index (χ1n) is 11.2. The maximum Gasteiger partial charge on any atom is 0.236 e. The zero-order valence-electron chi connectivity index (χ0n) is 18.6. The Morgan fingerprint density at radius 1 is 0.935 bits per heavy atom. The molecule has 31 heavy (non-hydrogen) atoms. The lowest BCUT2D eigenvalue weighted by Gasteiger charge is -2.34. The van der Waals surface area contributed by atoms with Gasteiger partial charge in [0.05, 0.1) is 19.1 Å². The number of carbonyl (C=O) groups is 2. The van der Waals surface area contributed by atoms with Gasteiger partial charge < -0.3 is 10.2 Å². The second kappa shape index (κ2) is 11.6. The van der Waals surface area contributed by atoms with E-state index in [1.807, 2.05) is 30.0 Å². The Balaban J connectivity index is 1.53. The Morgan fingerprint density at radius 3 is 2.23 bits per heavy atom. The van der Waals surface area contributed by atoms with Crippen LogP contribution in [0.1, 0.15) is 36.1 Å². The number of hydrogen-bond donors (Lipinski definition) is 2. The average molecular weight is 423 g/mol. The number of aryl methyl sites for hydroxylation is 1. The van der Waals surface area contributed by atoms with Gasteiger partial charge in [-0.05, 0) is 24.5 Å². The summed E-state index contributed by atoms with van der Waals surface area (Å²) in [5, 5.41) is 6.38. The summed E-state index contributed by atoms with van der Waals surface area (Å²) in [6.45, 7) is 8.28. The van der Waals surface area contributed by atoms with Crippen molar-refractivity contribution >= 4 is 11.8 Å².